The maximum Gasteiger partial charge on any atom is 0.411 e. The molecular formula is C15H25NO4. The van der Waals surface area contributed by atoms with E-state index >= 15 is 0 Å². The lowest BCUT2D eigenvalue weighted by molar-refractivity contribution is -0.146. The predicted molar refractivity (Wildman–Crippen MR) is 74.5 cm³/mol. The average molecular weight is 283 g/mol. The molecule has 0 aromatic rings. The minimum atomic E-state index is -0.893. The van der Waals surface area contributed by atoms with Gasteiger partial charge < -0.3 is 9.84 Å². The Bertz CT molecular complexity index is 393. The van der Waals surface area contributed by atoms with Crippen LogP contribution >= 0.6 is 0 Å². The van der Waals surface area contributed by atoms with E-state index in [1.54, 1.807) is 20.8 Å². The molecule has 1 saturated heterocycles. The van der Waals surface area contributed by atoms with Gasteiger partial charge in [-0.05, 0) is 40.0 Å². The largest absolute Gasteiger partial charge is 0.480 e. The fourth-order valence-electron chi connectivity index (χ4n) is 3.63. The van der Waals surface area contributed by atoms with E-state index in [-0.39, 0.29) is 5.41 Å². The van der Waals surface area contributed by atoms with Gasteiger partial charge in [0.15, 0.2) is 0 Å². The molecule has 1 spiro atoms. The number of hydrogen-bond acceptors (Lipinski definition) is 3. The molecule has 1 aliphatic heterocycles. The highest BCUT2D eigenvalue weighted by Gasteiger charge is 2.53. The second kappa shape index (κ2) is 5.26. The molecular weight excluding hydrogens is 258 g/mol. The zero-order valence-electron chi connectivity index (χ0n) is 12.6. The Kier molecular flexibility index (Phi) is 3.98. The van der Waals surface area contributed by atoms with Crippen molar-refractivity contribution in [3.8, 4) is 0 Å². The van der Waals surface area contributed by atoms with E-state index < -0.39 is 23.7 Å². The lowest BCUT2D eigenvalue weighted by Crippen LogP contribution is -2.50. The number of ether oxygens (including phenoxy) is 1. The van der Waals surface area contributed by atoms with E-state index in [2.05, 4.69) is 0 Å². The Morgan fingerprint density at radius 1 is 1.15 bits per heavy atom. The van der Waals surface area contributed by atoms with Crippen molar-refractivity contribution in [2.24, 2.45) is 5.41 Å². The summed E-state index contributed by atoms with van der Waals surface area (Å²) < 4.78 is 5.36. The third kappa shape index (κ3) is 2.91. The number of likely N-dealkylation sites (tertiary alicyclic amines) is 1. The van der Waals surface area contributed by atoms with Gasteiger partial charge in [0.05, 0.1) is 0 Å². The van der Waals surface area contributed by atoms with Crippen molar-refractivity contribution in [3.63, 3.8) is 0 Å². The summed E-state index contributed by atoms with van der Waals surface area (Å²) in [5, 5.41) is 9.60. The number of hydrogen-bond donors (Lipinski definition) is 1. The summed E-state index contributed by atoms with van der Waals surface area (Å²) in [6, 6.07) is -0.724. The highest BCUT2D eigenvalue weighted by molar-refractivity contribution is 5.82. The van der Waals surface area contributed by atoms with Crippen molar-refractivity contribution in [2.75, 3.05) is 6.54 Å². The van der Waals surface area contributed by atoms with Crippen LogP contribution in [0.3, 0.4) is 0 Å². The van der Waals surface area contributed by atoms with Crippen LogP contribution in [-0.4, -0.2) is 40.3 Å². The first-order chi connectivity index (χ1) is 9.25. The van der Waals surface area contributed by atoms with Crippen molar-refractivity contribution in [3.05, 3.63) is 0 Å². The zero-order valence-corrected chi connectivity index (χ0v) is 12.6. The number of nitrogens with zero attached hydrogens (tertiary/aromatic N) is 1. The highest BCUT2D eigenvalue weighted by atomic mass is 16.6. The third-order valence-electron chi connectivity index (χ3n) is 4.45. The van der Waals surface area contributed by atoms with Crippen LogP contribution in [0.4, 0.5) is 4.79 Å². The molecule has 2 aliphatic rings. The lowest BCUT2D eigenvalue weighted by atomic mass is 9.69. The van der Waals surface area contributed by atoms with Gasteiger partial charge >= 0.3 is 12.1 Å². The Labute approximate surface area is 120 Å². The van der Waals surface area contributed by atoms with Crippen molar-refractivity contribution < 1.29 is 19.4 Å². The minimum absolute atomic E-state index is 0.235. The summed E-state index contributed by atoms with van der Waals surface area (Å²) in [6.07, 6.45) is 5.39. The molecule has 1 atom stereocenters. The van der Waals surface area contributed by atoms with Gasteiger partial charge in [-0.15, -0.1) is 0 Å². The molecule has 2 fully saturated rings. The molecule has 0 bridgehead atoms. The molecule has 20 heavy (non-hydrogen) atoms. The second-order valence-electron chi connectivity index (χ2n) is 7.09. The maximum atomic E-state index is 12.2. The second-order valence-corrected chi connectivity index (χ2v) is 7.09. The van der Waals surface area contributed by atoms with Crippen LogP contribution in [0.25, 0.3) is 0 Å². The van der Waals surface area contributed by atoms with Crippen LogP contribution in [0.15, 0.2) is 0 Å². The van der Waals surface area contributed by atoms with Crippen LogP contribution in [0, 0.1) is 5.41 Å². The van der Waals surface area contributed by atoms with Crippen LogP contribution in [0.2, 0.25) is 0 Å². The van der Waals surface area contributed by atoms with Gasteiger partial charge in [0.25, 0.3) is 0 Å². The Balaban J connectivity index is 2.18. The topological polar surface area (TPSA) is 66.8 Å². The molecule has 1 N–H and O–H groups in total. The van der Waals surface area contributed by atoms with Gasteiger partial charge in [0.2, 0.25) is 0 Å². The quantitative estimate of drug-likeness (QED) is 0.803. The maximum absolute atomic E-state index is 12.2. The number of carboxylic acid groups (broad SMARTS) is 1. The number of rotatable bonds is 1. The first kappa shape index (κ1) is 15.1. The normalized spacial score (nSPS) is 25.8. The van der Waals surface area contributed by atoms with Crippen molar-refractivity contribution >= 4 is 12.1 Å². The van der Waals surface area contributed by atoms with E-state index in [4.69, 9.17) is 4.74 Å². The lowest BCUT2D eigenvalue weighted by Gasteiger charge is -2.38. The zero-order chi connectivity index (χ0) is 15.0. The van der Waals surface area contributed by atoms with Crippen LogP contribution in [0.1, 0.15) is 59.3 Å². The summed E-state index contributed by atoms with van der Waals surface area (Å²) in [7, 11) is 0. The van der Waals surface area contributed by atoms with Gasteiger partial charge in [-0.1, -0.05) is 19.3 Å². The number of carboxylic acids is 1. The standard InChI is InChI=1S/C15H25NO4/c1-14(2,3)20-13(19)16-10-9-15(11(16)12(17)18)7-5-4-6-8-15/h11H,4-10H2,1-3H3,(H,17,18). The van der Waals surface area contributed by atoms with Gasteiger partial charge in [-0.3, -0.25) is 4.90 Å². The molecule has 0 radical (unpaired) electrons. The summed E-state index contributed by atoms with van der Waals surface area (Å²) in [4.78, 5) is 25.4. The molecule has 1 saturated carbocycles. The first-order valence-electron chi connectivity index (χ1n) is 7.48. The number of carbonyl (C=O) groups is 2. The van der Waals surface area contributed by atoms with Gasteiger partial charge in [0, 0.05) is 12.0 Å². The highest BCUT2D eigenvalue weighted by Crippen LogP contribution is 2.48. The minimum Gasteiger partial charge on any atom is -0.480 e. The average Bonchev–Trinajstić information content (AvgIpc) is 2.67. The van der Waals surface area contributed by atoms with Crippen LogP contribution in [-0.2, 0) is 9.53 Å². The Morgan fingerprint density at radius 3 is 2.25 bits per heavy atom. The molecule has 114 valence electrons. The Hall–Kier alpha value is -1.26. The van der Waals surface area contributed by atoms with Crippen molar-refractivity contribution in [1.29, 1.82) is 0 Å². The molecule has 1 unspecified atom stereocenters. The number of amides is 1. The van der Waals surface area contributed by atoms with E-state index in [0.29, 0.717) is 6.54 Å². The molecule has 1 amide bonds. The van der Waals surface area contributed by atoms with E-state index in [9.17, 15) is 14.7 Å². The number of carbonyl (C=O) groups excluding carboxylic acids is 1. The third-order valence-corrected chi connectivity index (χ3v) is 4.45. The summed E-state index contributed by atoms with van der Waals surface area (Å²) in [6.45, 7) is 5.89. The molecule has 2 rings (SSSR count). The fourth-order valence-corrected chi connectivity index (χ4v) is 3.63. The van der Waals surface area contributed by atoms with Gasteiger partial charge in [-0.2, -0.15) is 0 Å². The van der Waals surface area contributed by atoms with Gasteiger partial charge in [0.1, 0.15) is 11.6 Å². The summed E-state index contributed by atoms with van der Waals surface area (Å²) >= 11 is 0. The summed E-state index contributed by atoms with van der Waals surface area (Å²) in [5.74, 6) is -0.893. The molecule has 1 heterocycles. The predicted octanol–water partition coefficient (Wildman–Crippen LogP) is 3.03. The summed E-state index contributed by atoms with van der Waals surface area (Å²) in [5.41, 5.74) is -0.830. The van der Waals surface area contributed by atoms with Crippen LogP contribution in [0.5, 0.6) is 0 Å². The van der Waals surface area contributed by atoms with Crippen molar-refractivity contribution in [1.82, 2.24) is 4.90 Å². The fraction of sp³-hybridized carbons (Fsp3) is 0.867. The smallest absolute Gasteiger partial charge is 0.411 e. The molecule has 1 aliphatic carbocycles. The number of aliphatic carboxylic acids is 1. The molecule has 0 aromatic heterocycles. The van der Waals surface area contributed by atoms with E-state index in [1.165, 1.54) is 11.3 Å². The van der Waals surface area contributed by atoms with E-state index in [1.807, 2.05) is 0 Å². The molecule has 0 aromatic carbocycles. The molecule has 5 nitrogen and oxygen atoms in total. The van der Waals surface area contributed by atoms with Crippen LogP contribution < -0.4 is 0 Å². The van der Waals surface area contributed by atoms with Gasteiger partial charge in [-0.25, -0.2) is 9.59 Å². The first-order valence-corrected chi connectivity index (χ1v) is 7.48. The van der Waals surface area contributed by atoms with Crippen molar-refractivity contribution in [2.45, 2.75) is 70.9 Å². The monoisotopic (exact) mass is 283 g/mol. The Morgan fingerprint density at radius 2 is 1.75 bits per heavy atom. The molecule has 5 heteroatoms. The van der Waals surface area contributed by atoms with E-state index in [0.717, 1.165) is 32.1 Å². The SMILES string of the molecule is CC(C)(C)OC(=O)N1CCC2(CCCCC2)C1C(=O)O.